The molecule has 0 N–H and O–H groups in total. The fourth-order valence-corrected chi connectivity index (χ4v) is 3.75. The molecule has 0 aliphatic carbocycles. The van der Waals surface area contributed by atoms with Crippen LogP contribution in [0.3, 0.4) is 0 Å². The fraction of sp³-hybridized carbons (Fsp3) is 0. The zero-order valence-corrected chi connectivity index (χ0v) is 14.7. The predicted octanol–water partition coefficient (Wildman–Crippen LogP) is 5.79. The second-order valence-electron chi connectivity index (χ2n) is 6.07. The smallest absolute Gasteiger partial charge is 0.156 e. The molecule has 0 bridgehead atoms. The third-order valence-corrected chi connectivity index (χ3v) is 5.07. The van der Waals surface area contributed by atoms with Crippen LogP contribution in [0.5, 0.6) is 0 Å². The Labute approximate surface area is 155 Å². The first kappa shape index (κ1) is 15.0. The van der Waals surface area contributed by atoms with Crippen molar-refractivity contribution in [3.63, 3.8) is 0 Å². The van der Waals surface area contributed by atoms with Gasteiger partial charge in [0.05, 0.1) is 17.1 Å². The Hall–Kier alpha value is -3.24. The molecule has 0 atom stereocenters. The van der Waals surface area contributed by atoms with Crippen molar-refractivity contribution in [3.8, 4) is 33.8 Å². The molecule has 0 aliphatic heterocycles. The molecular formula is C22H15N3S. The summed E-state index contributed by atoms with van der Waals surface area (Å²) in [6.45, 7) is 0. The maximum Gasteiger partial charge on any atom is 0.156 e. The van der Waals surface area contributed by atoms with Gasteiger partial charge >= 0.3 is 0 Å². The standard InChI is InChI=1S/C22H15N3S/c1-3-7-16(8-4-1)20-14-22-23-19(18-11-12-26-15-18)13-21(25(22)24-20)17-9-5-2-6-10-17/h1-15H. The van der Waals surface area contributed by atoms with Crippen molar-refractivity contribution in [2.75, 3.05) is 0 Å². The van der Waals surface area contributed by atoms with Crippen LogP contribution in [0, 0.1) is 0 Å². The molecule has 3 nitrogen and oxygen atoms in total. The minimum Gasteiger partial charge on any atom is -0.228 e. The first-order valence-electron chi connectivity index (χ1n) is 8.43. The third kappa shape index (κ3) is 2.61. The normalized spacial score (nSPS) is 11.1. The summed E-state index contributed by atoms with van der Waals surface area (Å²) in [7, 11) is 0. The predicted molar refractivity (Wildman–Crippen MR) is 107 cm³/mol. The molecule has 0 saturated heterocycles. The van der Waals surface area contributed by atoms with Crippen LogP contribution in [0.2, 0.25) is 0 Å². The van der Waals surface area contributed by atoms with E-state index in [0.717, 1.165) is 39.4 Å². The lowest BCUT2D eigenvalue weighted by Gasteiger charge is -2.07. The Bertz CT molecular complexity index is 1160. The van der Waals surface area contributed by atoms with Gasteiger partial charge in [0.1, 0.15) is 0 Å². The van der Waals surface area contributed by atoms with Crippen molar-refractivity contribution in [1.82, 2.24) is 14.6 Å². The van der Waals surface area contributed by atoms with Crippen molar-refractivity contribution in [2.45, 2.75) is 0 Å². The number of hydrogen-bond acceptors (Lipinski definition) is 3. The van der Waals surface area contributed by atoms with Gasteiger partial charge in [0, 0.05) is 28.1 Å². The van der Waals surface area contributed by atoms with E-state index in [-0.39, 0.29) is 0 Å². The summed E-state index contributed by atoms with van der Waals surface area (Å²) in [6, 6.07) is 26.8. The second kappa shape index (κ2) is 6.24. The highest BCUT2D eigenvalue weighted by Crippen LogP contribution is 2.29. The van der Waals surface area contributed by atoms with Gasteiger partial charge < -0.3 is 0 Å². The third-order valence-electron chi connectivity index (χ3n) is 4.38. The summed E-state index contributed by atoms with van der Waals surface area (Å²) in [4.78, 5) is 4.86. The molecule has 0 unspecified atom stereocenters. The first-order chi connectivity index (χ1) is 12.9. The quantitative estimate of drug-likeness (QED) is 0.411. The SMILES string of the molecule is c1ccc(-c2cc3nc(-c4ccsc4)cc(-c4ccccc4)n3n2)cc1. The summed E-state index contributed by atoms with van der Waals surface area (Å²) >= 11 is 1.68. The molecule has 2 aromatic carbocycles. The summed E-state index contributed by atoms with van der Waals surface area (Å²) < 4.78 is 1.94. The Morgan fingerprint density at radius 1 is 0.692 bits per heavy atom. The number of fused-ring (bicyclic) bond motifs is 1. The molecule has 26 heavy (non-hydrogen) atoms. The molecule has 3 aromatic heterocycles. The van der Waals surface area contributed by atoms with E-state index >= 15 is 0 Å². The van der Waals surface area contributed by atoms with Crippen molar-refractivity contribution in [2.24, 2.45) is 0 Å². The molecule has 5 rings (SSSR count). The molecule has 0 spiro atoms. The lowest BCUT2D eigenvalue weighted by Crippen LogP contribution is -1.98. The van der Waals surface area contributed by atoms with Crippen LogP contribution in [0.15, 0.2) is 89.6 Å². The Morgan fingerprint density at radius 3 is 2.12 bits per heavy atom. The van der Waals surface area contributed by atoms with Gasteiger partial charge in [0.25, 0.3) is 0 Å². The molecule has 3 heterocycles. The van der Waals surface area contributed by atoms with E-state index in [1.54, 1.807) is 11.3 Å². The highest BCUT2D eigenvalue weighted by Gasteiger charge is 2.13. The van der Waals surface area contributed by atoms with Crippen LogP contribution in [0.25, 0.3) is 39.4 Å². The number of nitrogens with zero attached hydrogens (tertiary/aromatic N) is 3. The minimum absolute atomic E-state index is 0.853. The first-order valence-corrected chi connectivity index (χ1v) is 9.37. The van der Waals surface area contributed by atoms with Crippen LogP contribution in [0.1, 0.15) is 0 Å². The molecule has 124 valence electrons. The summed E-state index contributed by atoms with van der Waals surface area (Å²) in [6.07, 6.45) is 0. The van der Waals surface area contributed by atoms with Gasteiger partial charge in [-0.05, 0) is 17.5 Å². The lowest BCUT2D eigenvalue weighted by atomic mass is 10.1. The molecule has 0 aliphatic rings. The van der Waals surface area contributed by atoms with Crippen LogP contribution in [0.4, 0.5) is 0 Å². The van der Waals surface area contributed by atoms with Crippen LogP contribution < -0.4 is 0 Å². The lowest BCUT2D eigenvalue weighted by molar-refractivity contribution is 0.953. The number of aromatic nitrogens is 3. The van der Waals surface area contributed by atoms with Crippen molar-refractivity contribution >= 4 is 17.0 Å². The Kier molecular flexibility index (Phi) is 3.61. The topological polar surface area (TPSA) is 30.2 Å². The molecule has 0 amide bonds. The average molecular weight is 353 g/mol. The van der Waals surface area contributed by atoms with Gasteiger partial charge in [0.15, 0.2) is 5.65 Å². The average Bonchev–Trinajstić information content (AvgIpc) is 3.38. The van der Waals surface area contributed by atoms with Gasteiger partial charge in [0.2, 0.25) is 0 Å². The van der Waals surface area contributed by atoms with E-state index in [4.69, 9.17) is 10.1 Å². The van der Waals surface area contributed by atoms with Crippen molar-refractivity contribution < 1.29 is 0 Å². The van der Waals surface area contributed by atoms with Crippen molar-refractivity contribution in [1.29, 1.82) is 0 Å². The van der Waals surface area contributed by atoms with Gasteiger partial charge in [-0.3, -0.25) is 0 Å². The summed E-state index contributed by atoms with van der Waals surface area (Å²) in [5.41, 5.74) is 7.14. The van der Waals surface area contributed by atoms with E-state index in [1.165, 1.54) is 0 Å². The Morgan fingerprint density at radius 2 is 1.42 bits per heavy atom. The maximum absolute atomic E-state index is 4.86. The zero-order valence-electron chi connectivity index (χ0n) is 13.9. The number of rotatable bonds is 3. The number of hydrogen-bond donors (Lipinski definition) is 0. The fourth-order valence-electron chi connectivity index (χ4n) is 3.10. The van der Waals surface area contributed by atoms with E-state index in [9.17, 15) is 0 Å². The van der Waals surface area contributed by atoms with Crippen molar-refractivity contribution in [3.05, 3.63) is 89.6 Å². The minimum atomic E-state index is 0.853. The van der Waals surface area contributed by atoms with Crippen LogP contribution >= 0.6 is 11.3 Å². The van der Waals surface area contributed by atoms with Gasteiger partial charge in [-0.2, -0.15) is 16.4 Å². The molecule has 0 fully saturated rings. The van der Waals surface area contributed by atoms with Gasteiger partial charge in [-0.25, -0.2) is 9.50 Å². The Balaban J connectivity index is 1.78. The number of thiophene rings is 1. The van der Waals surface area contributed by atoms with E-state index in [2.05, 4.69) is 53.2 Å². The van der Waals surface area contributed by atoms with Crippen LogP contribution in [-0.2, 0) is 0 Å². The van der Waals surface area contributed by atoms with E-state index in [0.29, 0.717) is 0 Å². The van der Waals surface area contributed by atoms with Gasteiger partial charge in [-0.15, -0.1) is 0 Å². The van der Waals surface area contributed by atoms with Gasteiger partial charge in [-0.1, -0.05) is 60.7 Å². The molecular weight excluding hydrogens is 338 g/mol. The number of benzene rings is 2. The zero-order chi connectivity index (χ0) is 17.3. The molecule has 0 radical (unpaired) electrons. The van der Waals surface area contributed by atoms with E-state index in [1.807, 2.05) is 40.9 Å². The molecule has 5 aromatic rings. The molecule has 4 heteroatoms. The maximum atomic E-state index is 4.86. The second-order valence-corrected chi connectivity index (χ2v) is 6.85. The molecule has 0 saturated carbocycles. The summed E-state index contributed by atoms with van der Waals surface area (Å²) in [5, 5.41) is 9.04. The van der Waals surface area contributed by atoms with Crippen LogP contribution in [-0.4, -0.2) is 14.6 Å². The highest BCUT2D eigenvalue weighted by atomic mass is 32.1. The monoisotopic (exact) mass is 353 g/mol. The summed E-state index contributed by atoms with van der Waals surface area (Å²) in [5.74, 6) is 0. The highest BCUT2D eigenvalue weighted by molar-refractivity contribution is 7.08. The van der Waals surface area contributed by atoms with E-state index < -0.39 is 0 Å². The largest absolute Gasteiger partial charge is 0.228 e.